The van der Waals surface area contributed by atoms with Crippen LogP contribution in [-0.2, 0) is 0 Å². The molecule has 0 amide bonds. The van der Waals surface area contributed by atoms with Gasteiger partial charge >= 0.3 is 0 Å². The van der Waals surface area contributed by atoms with Gasteiger partial charge in [-0.2, -0.15) is 0 Å². The standard InChI is InChI=1S/C25H25F2N7O/c1-15(2)34-8-5-21(35)23-18(26)11-16(12-20(23)34)24-19(27)14-30-25(32-24)31-22-4-3-17(13-29-22)33-9-6-28-7-10-33/h3-5,8,11-15,28H,6-7,9-10H2,1-2H3,(H,29,30,31,32). The van der Waals surface area contributed by atoms with E-state index in [1.807, 2.05) is 19.9 Å². The summed E-state index contributed by atoms with van der Waals surface area (Å²) in [5.41, 5.74) is 1.09. The van der Waals surface area contributed by atoms with Crippen molar-refractivity contribution in [2.24, 2.45) is 0 Å². The van der Waals surface area contributed by atoms with E-state index in [0.717, 1.165) is 44.1 Å². The van der Waals surface area contributed by atoms with Gasteiger partial charge in [-0.1, -0.05) is 0 Å². The first kappa shape index (κ1) is 22.9. The van der Waals surface area contributed by atoms with Gasteiger partial charge in [0, 0.05) is 50.0 Å². The summed E-state index contributed by atoms with van der Waals surface area (Å²) >= 11 is 0. The van der Waals surface area contributed by atoms with Crippen molar-refractivity contribution < 1.29 is 8.78 Å². The summed E-state index contributed by atoms with van der Waals surface area (Å²) in [6.07, 6.45) is 4.40. The number of piperazine rings is 1. The molecule has 3 aromatic heterocycles. The van der Waals surface area contributed by atoms with Crippen LogP contribution in [0.2, 0.25) is 0 Å². The third-order valence-corrected chi connectivity index (χ3v) is 6.02. The highest BCUT2D eigenvalue weighted by Gasteiger charge is 2.17. The highest BCUT2D eigenvalue weighted by molar-refractivity contribution is 5.85. The van der Waals surface area contributed by atoms with Gasteiger partial charge in [0.05, 0.1) is 29.0 Å². The van der Waals surface area contributed by atoms with Gasteiger partial charge in [0.15, 0.2) is 11.2 Å². The summed E-state index contributed by atoms with van der Waals surface area (Å²) in [5.74, 6) is -0.806. The molecule has 1 aliphatic rings. The molecule has 0 bridgehead atoms. The molecule has 8 nitrogen and oxygen atoms in total. The maximum Gasteiger partial charge on any atom is 0.229 e. The van der Waals surface area contributed by atoms with Crippen LogP contribution in [0.15, 0.2) is 53.7 Å². The SMILES string of the molecule is CC(C)n1ccc(=O)c2c(F)cc(-c3nc(Nc4ccc(N5CCNCC5)cn4)ncc3F)cc21. The van der Waals surface area contributed by atoms with Crippen LogP contribution in [0.25, 0.3) is 22.2 Å². The minimum Gasteiger partial charge on any atom is -0.368 e. The Bertz CT molecular complexity index is 1430. The van der Waals surface area contributed by atoms with Crippen LogP contribution in [0.4, 0.5) is 26.2 Å². The van der Waals surface area contributed by atoms with Gasteiger partial charge in [-0.3, -0.25) is 4.79 Å². The highest BCUT2D eigenvalue weighted by atomic mass is 19.1. The number of nitrogens with zero attached hydrogens (tertiary/aromatic N) is 5. The Morgan fingerprint density at radius 3 is 2.54 bits per heavy atom. The summed E-state index contributed by atoms with van der Waals surface area (Å²) in [7, 11) is 0. The van der Waals surface area contributed by atoms with E-state index in [1.54, 1.807) is 29.1 Å². The zero-order valence-corrected chi connectivity index (χ0v) is 19.4. The van der Waals surface area contributed by atoms with Crippen LogP contribution in [0.1, 0.15) is 19.9 Å². The fourth-order valence-electron chi connectivity index (χ4n) is 4.25. The zero-order valence-electron chi connectivity index (χ0n) is 19.4. The number of benzene rings is 1. The van der Waals surface area contributed by atoms with E-state index in [9.17, 15) is 13.6 Å². The molecule has 1 saturated heterocycles. The molecule has 180 valence electrons. The molecule has 1 fully saturated rings. The zero-order chi connectivity index (χ0) is 24.5. The lowest BCUT2D eigenvalue weighted by Gasteiger charge is -2.29. The molecule has 0 atom stereocenters. The van der Waals surface area contributed by atoms with Crippen molar-refractivity contribution in [2.45, 2.75) is 19.9 Å². The Kier molecular flexibility index (Phi) is 6.12. The number of pyridine rings is 2. The van der Waals surface area contributed by atoms with Crippen molar-refractivity contribution in [3.8, 4) is 11.3 Å². The Labute approximate surface area is 200 Å². The number of hydrogen-bond acceptors (Lipinski definition) is 7. The Balaban J connectivity index is 1.48. The number of halogens is 2. The van der Waals surface area contributed by atoms with Crippen LogP contribution in [0.3, 0.4) is 0 Å². The lowest BCUT2D eigenvalue weighted by atomic mass is 10.1. The summed E-state index contributed by atoms with van der Waals surface area (Å²) in [6, 6.07) is 7.77. The van der Waals surface area contributed by atoms with Crippen LogP contribution >= 0.6 is 0 Å². The normalized spacial score (nSPS) is 14.0. The molecule has 1 aromatic carbocycles. The number of rotatable bonds is 5. The predicted molar refractivity (Wildman–Crippen MR) is 132 cm³/mol. The third kappa shape index (κ3) is 4.57. The van der Waals surface area contributed by atoms with Gasteiger partial charge < -0.3 is 20.1 Å². The molecule has 10 heteroatoms. The fourth-order valence-corrected chi connectivity index (χ4v) is 4.25. The monoisotopic (exact) mass is 477 g/mol. The van der Waals surface area contributed by atoms with Crippen molar-refractivity contribution in [3.05, 3.63) is 70.8 Å². The number of fused-ring (bicyclic) bond motifs is 1. The second-order valence-electron chi connectivity index (χ2n) is 8.69. The lowest BCUT2D eigenvalue weighted by molar-refractivity contribution is 0.589. The highest BCUT2D eigenvalue weighted by Crippen LogP contribution is 2.28. The van der Waals surface area contributed by atoms with Crippen molar-refractivity contribution in [2.75, 3.05) is 36.4 Å². The smallest absolute Gasteiger partial charge is 0.229 e. The Morgan fingerprint density at radius 1 is 1.03 bits per heavy atom. The molecule has 2 N–H and O–H groups in total. The molecule has 0 radical (unpaired) electrons. The van der Waals surface area contributed by atoms with Crippen molar-refractivity contribution in [3.63, 3.8) is 0 Å². The largest absolute Gasteiger partial charge is 0.368 e. The van der Waals surface area contributed by atoms with Gasteiger partial charge in [-0.15, -0.1) is 0 Å². The molecule has 0 unspecified atom stereocenters. The van der Waals surface area contributed by atoms with E-state index in [-0.39, 0.29) is 28.6 Å². The molecular weight excluding hydrogens is 452 g/mol. The van der Waals surface area contributed by atoms with E-state index in [4.69, 9.17) is 0 Å². The van der Waals surface area contributed by atoms with Crippen LogP contribution in [-0.4, -0.2) is 45.7 Å². The molecule has 4 heterocycles. The van der Waals surface area contributed by atoms with Gasteiger partial charge in [-0.05, 0) is 38.1 Å². The van der Waals surface area contributed by atoms with E-state index >= 15 is 0 Å². The minimum atomic E-state index is -0.727. The van der Waals surface area contributed by atoms with Crippen LogP contribution in [0.5, 0.6) is 0 Å². The number of hydrogen-bond donors (Lipinski definition) is 2. The first-order chi connectivity index (χ1) is 16.9. The van der Waals surface area contributed by atoms with E-state index in [1.165, 1.54) is 6.07 Å². The molecule has 5 rings (SSSR count). The molecule has 4 aromatic rings. The second kappa shape index (κ2) is 9.38. The van der Waals surface area contributed by atoms with Gasteiger partial charge in [0.1, 0.15) is 17.3 Å². The summed E-state index contributed by atoms with van der Waals surface area (Å²) < 4.78 is 31.5. The molecule has 0 spiro atoms. The summed E-state index contributed by atoms with van der Waals surface area (Å²) in [4.78, 5) is 27.3. The van der Waals surface area contributed by atoms with E-state index in [2.05, 4.69) is 30.5 Å². The molecule has 1 aliphatic heterocycles. The average molecular weight is 478 g/mol. The minimum absolute atomic E-state index is 0.0320. The van der Waals surface area contributed by atoms with Gasteiger partial charge in [-0.25, -0.2) is 23.7 Å². The third-order valence-electron chi connectivity index (χ3n) is 6.02. The van der Waals surface area contributed by atoms with Crippen LogP contribution < -0.4 is 21.0 Å². The van der Waals surface area contributed by atoms with Crippen molar-refractivity contribution in [1.29, 1.82) is 0 Å². The Hall–Kier alpha value is -3.92. The summed E-state index contributed by atoms with van der Waals surface area (Å²) in [5, 5.41) is 6.26. The lowest BCUT2D eigenvalue weighted by Crippen LogP contribution is -2.43. The first-order valence-corrected chi connectivity index (χ1v) is 11.5. The molecular formula is C25H25F2N7O. The van der Waals surface area contributed by atoms with Gasteiger partial charge in [0.2, 0.25) is 5.95 Å². The van der Waals surface area contributed by atoms with Crippen molar-refractivity contribution >= 4 is 28.4 Å². The summed E-state index contributed by atoms with van der Waals surface area (Å²) in [6.45, 7) is 7.51. The molecule has 0 saturated carbocycles. The fraction of sp³-hybridized carbons (Fsp3) is 0.280. The quantitative estimate of drug-likeness (QED) is 0.451. The van der Waals surface area contributed by atoms with Crippen molar-refractivity contribution in [1.82, 2.24) is 24.8 Å². The topological polar surface area (TPSA) is 88.0 Å². The maximum atomic E-state index is 15.0. The van der Waals surface area contributed by atoms with Crippen LogP contribution in [0, 0.1) is 11.6 Å². The number of anilines is 3. The Morgan fingerprint density at radius 2 is 1.83 bits per heavy atom. The molecule has 35 heavy (non-hydrogen) atoms. The average Bonchev–Trinajstić information content (AvgIpc) is 2.86. The number of nitrogens with one attached hydrogen (secondary N) is 2. The van der Waals surface area contributed by atoms with E-state index in [0.29, 0.717) is 11.3 Å². The number of aromatic nitrogens is 4. The van der Waals surface area contributed by atoms with Gasteiger partial charge in [0.25, 0.3) is 0 Å². The predicted octanol–water partition coefficient (Wildman–Crippen LogP) is 3.87. The molecule has 0 aliphatic carbocycles. The van der Waals surface area contributed by atoms with E-state index < -0.39 is 17.1 Å². The first-order valence-electron chi connectivity index (χ1n) is 11.5. The second-order valence-corrected chi connectivity index (χ2v) is 8.69. The maximum absolute atomic E-state index is 15.0.